The summed E-state index contributed by atoms with van der Waals surface area (Å²) in [5, 5.41) is 2.79. The van der Waals surface area contributed by atoms with Crippen LogP contribution in [0, 0.1) is 0 Å². The fourth-order valence-corrected chi connectivity index (χ4v) is 1.89. The summed E-state index contributed by atoms with van der Waals surface area (Å²) in [5.41, 5.74) is 0. The minimum atomic E-state index is -4.78. The molecule has 1 rings (SSSR count). The zero-order chi connectivity index (χ0) is 10.8. The molecule has 0 fully saturated rings. The molecule has 1 heterocycles. The van der Waals surface area contributed by atoms with Crippen molar-refractivity contribution in [1.29, 1.82) is 0 Å². The molecule has 0 saturated heterocycles. The topological polar surface area (TPSA) is 29.1 Å². The summed E-state index contributed by atoms with van der Waals surface area (Å²) in [5.74, 6) is -1.77. The molecule has 0 unspecified atom stereocenters. The Morgan fingerprint density at radius 2 is 2.14 bits per heavy atom. The summed E-state index contributed by atoms with van der Waals surface area (Å²) in [7, 11) is 1.69. The number of hydrogen-bond donors (Lipinski definition) is 1. The van der Waals surface area contributed by atoms with Crippen molar-refractivity contribution in [3.05, 3.63) is 21.9 Å². The second kappa shape index (κ2) is 4.10. The van der Waals surface area contributed by atoms with Gasteiger partial charge in [-0.15, -0.1) is 11.3 Å². The molecule has 1 aromatic heterocycles. The number of carbonyl (C=O) groups is 1. The Balaban J connectivity index is 2.82. The number of Topliss-reactive ketones (excluding diaryl/α,β-unsaturated/α-hetero) is 1. The van der Waals surface area contributed by atoms with Gasteiger partial charge in [0.15, 0.2) is 0 Å². The van der Waals surface area contributed by atoms with Gasteiger partial charge < -0.3 is 5.32 Å². The summed E-state index contributed by atoms with van der Waals surface area (Å²) >= 11 is 0.860. The minimum absolute atomic E-state index is 0.261. The molecular formula is C8H8F3NOS. The van der Waals surface area contributed by atoms with Crippen LogP contribution in [-0.2, 0) is 6.54 Å². The summed E-state index contributed by atoms with van der Waals surface area (Å²) in [4.78, 5) is 11.2. The lowest BCUT2D eigenvalue weighted by Crippen LogP contribution is -2.21. The molecule has 0 bridgehead atoms. The Hall–Kier alpha value is -0.880. The second-order valence-corrected chi connectivity index (χ2v) is 3.79. The zero-order valence-corrected chi connectivity index (χ0v) is 8.13. The molecule has 0 aromatic carbocycles. The van der Waals surface area contributed by atoms with Crippen molar-refractivity contribution >= 4 is 17.1 Å². The first-order chi connectivity index (χ1) is 6.45. The van der Waals surface area contributed by atoms with Gasteiger partial charge in [-0.1, -0.05) is 0 Å². The monoisotopic (exact) mass is 223 g/mol. The summed E-state index contributed by atoms with van der Waals surface area (Å²) in [6.07, 6.45) is -4.78. The molecule has 1 aromatic rings. The quantitative estimate of drug-likeness (QED) is 0.796. The van der Waals surface area contributed by atoms with Crippen LogP contribution in [0.1, 0.15) is 14.5 Å². The van der Waals surface area contributed by atoms with Gasteiger partial charge in [0, 0.05) is 11.4 Å². The lowest BCUT2D eigenvalue weighted by atomic mass is 10.3. The van der Waals surface area contributed by atoms with E-state index in [1.54, 1.807) is 7.05 Å². The van der Waals surface area contributed by atoms with Gasteiger partial charge in [0.1, 0.15) is 0 Å². The number of carbonyl (C=O) groups excluding carboxylic acids is 1. The Kier molecular flexibility index (Phi) is 3.28. The molecular weight excluding hydrogens is 215 g/mol. The van der Waals surface area contributed by atoms with Crippen molar-refractivity contribution < 1.29 is 18.0 Å². The highest BCUT2D eigenvalue weighted by Crippen LogP contribution is 2.26. The average Bonchev–Trinajstić information content (AvgIpc) is 2.50. The van der Waals surface area contributed by atoms with Gasteiger partial charge >= 0.3 is 6.18 Å². The van der Waals surface area contributed by atoms with E-state index in [0.29, 0.717) is 11.4 Å². The minimum Gasteiger partial charge on any atom is -0.315 e. The third kappa shape index (κ3) is 2.55. The molecule has 14 heavy (non-hydrogen) atoms. The fraction of sp³-hybridized carbons (Fsp3) is 0.375. The molecule has 0 aliphatic rings. The van der Waals surface area contributed by atoms with Gasteiger partial charge in [-0.3, -0.25) is 4.79 Å². The number of nitrogens with one attached hydrogen (secondary N) is 1. The number of halogens is 3. The molecule has 6 heteroatoms. The van der Waals surface area contributed by atoms with E-state index in [1.165, 1.54) is 12.1 Å². The van der Waals surface area contributed by atoms with E-state index in [-0.39, 0.29) is 4.88 Å². The van der Waals surface area contributed by atoms with Gasteiger partial charge in [0.05, 0.1) is 4.88 Å². The first kappa shape index (κ1) is 11.2. The van der Waals surface area contributed by atoms with E-state index in [1.807, 2.05) is 0 Å². The van der Waals surface area contributed by atoms with Crippen molar-refractivity contribution in [2.24, 2.45) is 0 Å². The van der Waals surface area contributed by atoms with Crippen LogP contribution in [0.15, 0.2) is 12.1 Å². The predicted molar refractivity (Wildman–Crippen MR) is 47.5 cm³/mol. The van der Waals surface area contributed by atoms with E-state index < -0.39 is 12.0 Å². The van der Waals surface area contributed by atoms with E-state index in [0.717, 1.165) is 11.3 Å². The lowest BCUT2D eigenvalue weighted by Gasteiger charge is -2.01. The van der Waals surface area contributed by atoms with Gasteiger partial charge in [-0.05, 0) is 19.2 Å². The molecule has 1 N–H and O–H groups in total. The van der Waals surface area contributed by atoms with Crippen LogP contribution in [0.25, 0.3) is 0 Å². The Labute approximate surface area is 82.7 Å². The van der Waals surface area contributed by atoms with Gasteiger partial charge in [0.25, 0.3) is 5.78 Å². The highest BCUT2D eigenvalue weighted by molar-refractivity contribution is 7.14. The van der Waals surface area contributed by atoms with Crippen LogP contribution in [-0.4, -0.2) is 19.0 Å². The van der Waals surface area contributed by atoms with Crippen LogP contribution in [0.2, 0.25) is 0 Å². The van der Waals surface area contributed by atoms with Crippen LogP contribution >= 0.6 is 11.3 Å². The normalized spacial score (nSPS) is 11.7. The van der Waals surface area contributed by atoms with Crippen molar-refractivity contribution in [3.63, 3.8) is 0 Å². The van der Waals surface area contributed by atoms with Gasteiger partial charge in [-0.2, -0.15) is 13.2 Å². The molecule has 0 aliphatic heterocycles. The molecule has 2 nitrogen and oxygen atoms in total. The van der Waals surface area contributed by atoms with E-state index in [4.69, 9.17) is 0 Å². The summed E-state index contributed by atoms with van der Waals surface area (Å²) in [6.45, 7) is 0.468. The number of hydrogen-bond acceptors (Lipinski definition) is 3. The SMILES string of the molecule is CNCc1ccc(C(=O)C(F)(F)F)s1. The van der Waals surface area contributed by atoms with E-state index >= 15 is 0 Å². The maximum absolute atomic E-state index is 12.0. The zero-order valence-electron chi connectivity index (χ0n) is 7.31. The number of rotatable bonds is 3. The Bertz CT molecular complexity index is 332. The third-order valence-corrected chi connectivity index (χ3v) is 2.58. The summed E-state index contributed by atoms with van der Waals surface area (Å²) in [6, 6.07) is 2.72. The Morgan fingerprint density at radius 1 is 1.50 bits per heavy atom. The number of thiophene rings is 1. The van der Waals surface area contributed by atoms with Crippen LogP contribution in [0.5, 0.6) is 0 Å². The van der Waals surface area contributed by atoms with E-state index in [2.05, 4.69) is 5.32 Å². The maximum atomic E-state index is 12.0. The largest absolute Gasteiger partial charge is 0.455 e. The molecule has 78 valence electrons. The standard InChI is InChI=1S/C8H8F3NOS/c1-12-4-5-2-3-6(14-5)7(13)8(9,10)11/h2-3,12H,4H2,1H3. The van der Waals surface area contributed by atoms with Crippen LogP contribution in [0.3, 0.4) is 0 Å². The van der Waals surface area contributed by atoms with Crippen LogP contribution < -0.4 is 5.32 Å². The second-order valence-electron chi connectivity index (χ2n) is 2.62. The molecule has 0 aliphatic carbocycles. The van der Waals surface area contributed by atoms with Crippen molar-refractivity contribution in [1.82, 2.24) is 5.32 Å². The smallest absolute Gasteiger partial charge is 0.315 e. The van der Waals surface area contributed by atoms with Crippen molar-refractivity contribution in [3.8, 4) is 0 Å². The third-order valence-electron chi connectivity index (χ3n) is 1.49. The fourth-order valence-electron chi connectivity index (χ4n) is 0.909. The number of alkyl halides is 3. The molecule has 0 radical (unpaired) electrons. The van der Waals surface area contributed by atoms with Gasteiger partial charge in [0.2, 0.25) is 0 Å². The van der Waals surface area contributed by atoms with Crippen molar-refractivity contribution in [2.45, 2.75) is 12.7 Å². The molecule has 0 spiro atoms. The molecule has 0 atom stereocenters. The van der Waals surface area contributed by atoms with Crippen LogP contribution in [0.4, 0.5) is 13.2 Å². The van der Waals surface area contributed by atoms with Crippen molar-refractivity contribution in [2.75, 3.05) is 7.05 Å². The predicted octanol–water partition coefficient (Wildman–Crippen LogP) is 2.21. The summed E-state index contributed by atoms with van der Waals surface area (Å²) < 4.78 is 35.9. The Morgan fingerprint density at radius 3 is 2.64 bits per heavy atom. The maximum Gasteiger partial charge on any atom is 0.455 e. The lowest BCUT2D eigenvalue weighted by molar-refractivity contribution is -0.0882. The highest BCUT2D eigenvalue weighted by Gasteiger charge is 2.40. The molecule has 0 amide bonds. The first-order valence-corrected chi connectivity index (χ1v) is 4.61. The number of ketones is 1. The molecule has 0 saturated carbocycles. The highest BCUT2D eigenvalue weighted by atomic mass is 32.1. The van der Waals surface area contributed by atoms with E-state index in [9.17, 15) is 18.0 Å². The average molecular weight is 223 g/mol. The first-order valence-electron chi connectivity index (χ1n) is 3.80. The van der Waals surface area contributed by atoms with Gasteiger partial charge in [-0.25, -0.2) is 0 Å².